The van der Waals surface area contributed by atoms with Gasteiger partial charge in [0.05, 0.1) is 22.7 Å². The average Bonchev–Trinajstić information content (AvgIpc) is 2.99. The van der Waals surface area contributed by atoms with Crippen LogP contribution in [0, 0.1) is 12.8 Å². The highest BCUT2D eigenvalue weighted by atomic mass is 32.1. The van der Waals surface area contributed by atoms with E-state index in [0.717, 1.165) is 28.6 Å². The van der Waals surface area contributed by atoms with Gasteiger partial charge in [-0.05, 0) is 38.3 Å². The van der Waals surface area contributed by atoms with Crippen LogP contribution in [0.5, 0.6) is 0 Å². The molecule has 0 bridgehead atoms. The summed E-state index contributed by atoms with van der Waals surface area (Å²) in [6.07, 6.45) is 1.23. The van der Waals surface area contributed by atoms with Gasteiger partial charge in [-0.1, -0.05) is 23.5 Å². The SMILES string of the molecule is CCOC(=O)N1CCC[C@@H](C(=O)Nc2nc3c(C)cccc3s2)C1. The first-order valence-corrected chi connectivity index (χ1v) is 8.99. The third kappa shape index (κ3) is 3.51. The lowest BCUT2D eigenvalue weighted by molar-refractivity contribution is -0.121. The number of benzene rings is 1. The predicted molar refractivity (Wildman–Crippen MR) is 94.3 cm³/mol. The summed E-state index contributed by atoms with van der Waals surface area (Å²) in [5, 5.41) is 3.52. The minimum Gasteiger partial charge on any atom is -0.450 e. The zero-order chi connectivity index (χ0) is 17.1. The summed E-state index contributed by atoms with van der Waals surface area (Å²) in [6.45, 7) is 5.17. The lowest BCUT2D eigenvalue weighted by Gasteiger charge is -2.30. The van der Waals surface area contributed by atoms with Crippen LogP contribution in [0.2, 0.25) is 0 Å². The average molecular weight is 347 g/mol. The Labute approximate surface area is 144 Å². The number of para-hydroxylation sites is 1. The summed E-state index contributed by atoms with van der Waals surface area (Å²) >= 11 is 1.47. The molecule has 1 atom stereocenters. The highest BCUT2D eigenvalue weighted by molar-refractivity contribution is 7.22. The number of nitrogens with zero attached hydrogens (tertiary/aromatic N) is 2. The second kappa shape index (κ2) is 7.17. The highest BCUT2D eigenvalue weighted by Crippen LogP contribution is 2.28. The van der Waals surface area contributed by atoms with Crippen LogP contribution in [0.1, 0.15) is 25.3 Å². The van der Waals surface area contributed by atoms with E-state index in [9.17, 15) is 9.59 Å². The molecule has 7 heteroatoms. The Bertz CT molecular complexity index is 759. The summed E-state index contributed by atoms with van der Waals surface area (Å²) in [4.78, 5) is 30.5. The Morgan fingerprint density at radius 3 is 3.04 bits per heavy atom. The Kier molecular flexibility index (Phi) is 4.99. The number of fused-ring (bicyclic) bond motifs is 1. The molecule has 2 amide bonds. The van der Waals surface area contributed by atoms with Crippen LogP contribution in [-0.2, 0) is 9.53 Å². The molecule has 1 fully saturated rings. The molecule has 0 saturated carbocycles. The Morgan fingerprint density at radius 2 is 2.29 bits per heavy atom. The second-order valence-corrected chi connectivity index (χ2v) is 6.94. The van der Waals surface area contributed by atoms with Crippen molar-refractivity contribution >= 4 is 38.7 Å². The van der Waals surface area contributed by atoms with Crippen molar-refractivity contribution in [2.75, 3.05) is 25.0 Å². The molecule has 1 saturated heterocycles. The van der Waals surface area contributed by atoms with Crippen LogP contribution in [0.3, 0.4) is 0 Å². The number of hydrogen-bond acceptors (Lipinski definition) is 5. The van der Waals surface area contributed by atoms with E-state index in [4.69, 9.17) is 4.74 Å². The van der Waals surface area contributed by atoms with E-state index < -0.39 is 0 Å². The first-order valence-electron chi connectivity index (χ1n) is 8.17. The molecular formula is C17H21N3O3S. The monoisotopic (exact) mass is 347 g/mol. The number of thiazole rings is 1. The van der Waals surface area contributed by atoms with Crippen molar-refractivity contribution in [2.45, 2.75) is 26.7 Å². The van der Waals surface area contributed by atoms with Crippen LogP contribution in [0.4, 0.5) is 9.93 Å². The largest absolute Gasteiger partial charge is 0.450 e. The maximum atomic E-state index is 12.5. The number of nitrogens with one attached hydrogen (secondary N) is 1. The quantitative estimate of drug-likeness (QED) is 0.923. The fourth-order valence-electron chi connectivity index (χ4n) is 2.92. The molecule has 6 nitrogen and oxygen atoms in total. The van der Waals surface area contributed by atoms with Crippen LogP contribution < -0.4 is 5.32 Å². The highest BCUT2D eigenvalue weighted by Gasteiger charge is 2.29. The van der Waals surface area contributed by atoms with Crippen molar-refractivity contribution in [3.8, 4) is 0 Å². The second-order valence-electron chi connectivity index (χ2n) is 5.91. The molecule has 1 aromatic heterocycles. The van der Waals surface area contributed by atoms with E-state index in [1.165, 1.54) is 11.3 Å². The van der Waals surface area contributed by atoms with E-state index in [1.807, 2.05) is 25.1 Å². The molecule has 24 heavy (non-hydrogen) atoms. The van der Waals surface area contributed by atoms with Gasteiger partial charge in [-0.2, -0.15) is 0 Å². The van der Waals surface area contributed by atoms with Crippen molar-refractivity contribution < 1.29 is 14.3 Å². The fourth-order valence-corrected chi connectivity index (χ4v) is 3.87. The zero-order valence-electron chi connectivity index (χ0n) is 13.9. The molecular weight excluding hydrogens is 326 g/mol. The molecule has 2 aromatic rings. The molecule has 3 rings (SSSR count). The van der Waals surface area contributed by atoms with Gasteiger partial charge < -0.3 is 15.0 Å². The molecule has 1 aliphatic rings. The maximum absolute atomic E-state index is 12.5. The number of aryl methyl sites for hydroxylation is 1. The predicted octanol–water partition coefficient (Wildman–Crippen LogP) is 3.41. The van der Waals surface area contributed by atoms with Crippen molar-refractivity contribution in [1.29, 1.82) is 0 Å². The third-order valence-electron chi connectivity index (χ3n) is 4.17. The first-order chi connectivity index (χ1) is 11.6. The van der Waals surface area contributed by atoms with E-state index in [0.29, 0.717) is 24.8 Å². The maximum Gasteiger partial charge on any atom is 0.409 e. The van der Waals surface area contributed by atoms with Gasteiger partial charge in [-0.25, -0.2) is 9.78 Å². The van der Waals surface area contributed by atoms with Crippen molar-refractivity contribution in [3.63, 3.8) is 0 Å². The minimum atomic E-state index is -0.342. The van der Waals surface area contributed by atoms with Gasteiger partial charge in [0.2, 0.25) is 5.91 Å². The number of amides is 2. The number of aromatic nitrogens is 1. The third-order valence-corrected chi connectivity index (χ3v) is 5.11. The lowest BCUT2D eigenvalue weighted by Crippen LogP contribution is -2.44. The molecule has 0 radical (unpaired) electrons. The fraction of sp³-hybridized carbons (Fsp3) is 0.471. The van der Waals surface area contributed by atoms with Gasteiger partial charge in [-0.15, -0.1) is 0 Å². The van der Waals surface area contributed by atoms with Gasteiger partial charge >= 0.3 is 6.09 Å². The summed E-state index contributed by atoms with van der Waals surface area (Å²) in [7, 11) is 0. The number of carbonyl (C=O) groups is 2. The number of hydrogen-bond donors (Lipinski definition) is 1. The number of ether oxygens (including phenoxy) is 1. The van der Waals surface area contributed by atoms with Gasteiger partial charge in [0.1, 0.15) is 0 Å². The van der Waals surface area contributed by atoms with Gasteiger partial charge in [0.25, 0.3) is 0 Å². The Hall–Kier alpha value is -2.15. The van der Waals surface area contributed by atoms with Crippen molar-refractivity contribution in [3.05, 3.63) is 23.8 Å². The number of likely N-dealkylation sites (tertiary alicyclic amines) is 1. The molecule has 2 heterocycles. The van der Waals surface area contributed by atoms with Gasteiger partial charge in [-0.3, -0.25) is 4.79 Å². The van der Waals surface area contributed by atoms with Crippen molar-refractivity contribution in [1.82, 2.24) is 9.88 Å². The van der Waals surface area contributed by atoms with E-state index >= 15 is 0 Å². The standard InChI is InChI=1S/C17H21N3O3S/c1-3-23-17(22)20-9-5-7-12(10-20)15(21)19-16-18-14-11(2)6-4-8-13(14)24-16/h4,6,8,12H,3,5,7,9-10H2,1-2H3,(H,18,19,21)/t12-/m1/s1. The Balaban J connectivity index is 1.67. The van der Waals surface area contributed by atoms with Crippen molar-refractivity contribution in [2.24, 2.45) is 5.92 Å². The number of anilines is 1. The molecule has 0 aliphatic carbocycles. The lowest BCUT2D eigenvalue weighted by atomic mass is 9.97. The summed E-state index contributed by atoms with van der Waals surface area (Å²) in [6, 6.07) is 5.99. The number of carbonyl (C=O) groups excluding carboxylic acids is 2. The molecule has 128 valence electrons. The molecule has 1 aromatic carbocycles. The number of piperidine rings is 1. The topological polar surface area (TPSA) is 71.5 Å². The molecule has 0 spiro atoms. The van der Waals surface area contributed by atoms with E-state index in [1.54, 1.807) is 11.8 Å². The Morgan fingerprint density at radius 1 is 1.46 bits per heavy atom. The normalized spacial score (nSPS) is 17.8. The van der Waals surface area contributed by atoms with Crippen LogP contribution in [0.15, 0.2) is 18.2 Å². The smallest absolute Gasteiger partial charge is 0.409 e. The van der Waals surface area contributed by atoms with Crippen LogP contribution in [0.25, 0.3) is 10.2 Å². The molecule has 1 aliphatic heterocycles. The zero-order valence-corrected chi connectivity index (χ0v) is 14.7. The van der Waals surface area contributed by atoms with Crippen LogP contribution in [-0.4, -0.2) is 41.6 Å². The molecule has 1 N–H and O–H groups in total. The summed E-state index contributed by atoms with van der Waals surface area (Å²) < 4.78 is 6.08. The van der Waals surface area contributed by atoms with Gasteiger partial charge in [0.15, 0.2) is 5.13 Å². The molecule has 0 unspecified atom stereocenters. The summed E-state index contributed by atoms with van der Waals surface area (Å²) in [5.41, 5.74) is 2.02. The van der Waals surface area contributed by atoms with E-state index in [-0.39, 0.29) is 17.9 Å². The number of rotatable bonds is 3. The minimum absolute atomic E-state index is 0.0827. The van der Waals surface area contributed by atoms with Crippen LogP contribution >= 0.6 is 11.3 Å². The summed E-state index contributed by atoms with van der Waals surface area (Å²) in [5.74, 6) is -0.308. The van der Waals surface area contributed by atoms with E-state index in [2.05, 4.69) is 10.3 Å². The first kappa shape index (κ1) is 16.7. The van der Waals surface area contributed by atoms with Gasteiger partial charge in [0, 0.05) is 13.1 Å².